The molecule has 1 aliphatic rings. The molecule has 0 aromatic heterocycles. The van der Waals surface area contributed by atoms with Crippen molar-refractivity contribution in [1.82, 2.24) is 5.06 Å². The summed E-state index contributed by atoms with van der Waals surface area (Å²) in [6, 6.07) is 1.01. The maximum atomic E-state index is 12.9. The largest absolute Gasteiger partial charge is 0.479 e. The SMILES string of the molecule is O=C(O)CON1C=CC=NC1c1cc(C(F)(F)F)cc(C(F)(F)F)c1. The average Bonchev–Trinajstić information content (AvgIpc) is 2.51. The molecule has 1 aromatic carbocycles. The highest BCUT2D eigenvalue weighted by Gasteiger charge is 2.38. The summed E-state index contributed by atoms with van der Waals surface area (Å²) >= 11 is 0. The Balaban J connectivity index is 2.46. The van der Waals surface area contributed by atoms with E-state index in [1.165, 1.54) is 6.08 Å². The minimum atomic E-state index is -5.00. The summed E-state index contributed by atoms with van der Waals surface area (Å²) in [5.74, 6) is -1.37. The Bertz CT molecular complexity index is 679. The highest BCUT2D eigenvalue weighted by Crippen LogP contribution is 2.38. The van der Waals surface area contributed by atoms with Crippen molar-refractivity contribution >= 4 is 12.2 Å². The molecule has 1 atom stereocenters. The van der Waals surface area contributed by atoms with Crippen LogP contribution in [0, 0.1) is 0 Å². The summed E-state index contributed by atoms with van der Waals surface area (Å²) in [5.41, 5.74) is -3.45. The molecule has 0 aliphatic carbocycles. The van der Waals surface area contributed by atoms with E-state index in [1.54, 1.807) is 0 Å². The van der Waals surface area contributed by atoms with E-state index in [4.69, 9.17) is 9.94 Å². The first-order valence-corrected chi connectivity index (χ1v) is 6.61. The fraction of sp³-hybridized carbons (Fsp3) is 0.286. The maximum Gasteiger partial charge on any atom is 0.416 e. The fourth-order valence-corrected chi connectivity index (χ4v) is 2.01. The first-order chi connectivity index (χ1) is 11.5. The normalized spacial score (nSPS) is 17.8. The molecular formula is C14H10F6N2O3. The molecule has 1 N–H and O–H groups in total. The van der Waals surface area contributed by atoms with Crippen LogP contribution in [-0.4, -0.2) is 29.0 Å². The number of hydrogen-bond donors (Lipinski definition) is 1. The molecule has 0 saturated carbocycles. The van der Waals surface area contributed by atoms with E-state index in [-0.39, 0.29) is 6.07 Å². The van der Waals surface area contributed by atoms with Gasteiger partial charge in [0.2, 0.25) is 0 Å². The van der Waals surface area contributed by atoms with Crippen LogP contribution in [0.3, 0.4) is 0 Å². The summed E-state index contributed by atoms with van der Waals surface area (Å²) in [7, 11) is 0. The van der Waals surface area contributed by atoms with Crippen molar-refractivity contribution in [3.63, 3.8) is 0 Å². The van der Waals surface area contributed by atoms with Gasteiger partial charge in [0, 0.05) is 12.4 Å². The molecule has 1 aliphatic heterocycles. The van der Waals surface area contributed by atoms with Crippen molar-refractivity contribution in [1.29, 1.82) is 0 Å². The van der Waals surface area contributed by atoms with E-state index in [0.717, 1.165) is 17.5 Å². The summed E-state index contributed by atoms with van der Waals surface area (Å²) in [6.45, 7) is -0.846. The topological polar surface area (TPSA) is 62.1 Å². The second kappa shape index (κ2) is 6.75. The quantitative estimate of drug-likeness (QED) is 0.825. The number of hydrogen-bond acceptors (Lipinski definition) is 4. The molecule has 11 heteroatoms. The van der Waals surface area contributed by atoms with E-state index >= 15 is 0 Å². The number of nitrogens with zero attached hydrogens (tertiary/aromatic N) is 2. The van der Waals surface area contributed by atoms with Gasteiger partial charge in [-0.2, -0.15) is 26.3 Å². The van der Waals surface area contributed by atoms with E-state index < -0.39 is 47.8 Å². The lowest BCUT2D eigenvalue weighted by molar-refractivity contribution is -0.176. The van der Waals surface area contributed by atoms with Crippen LogP contribution in [0.1, 0.15) is 22.9 Å². The highest BCUT2D eigenvalue weighted by atomic mass is 19.4. The van der Waals surface area contributed by atoms with E-state index in [0.29, 0.717) is 12.1 Å². The van der Waals surface area contributed by atoms with Crippen LogP contribution in [0.25, 0.3) is 0 Å². The molecule has 0 radical (unpaired) electrons. The summed E-state index contributed by atoms with van der Waals surface area (Å²) in [6.07, 6.45) is -7.81. The molecule has 136 valence electrons. The zero-order valence-electron chi connectivity index (χ0n) is 12.2. The molecule has 0 bridgehead atoms. The summed E-state index contributed by atoms with van der Waals surface area (Å²) in [5, 5.41) is 9.36. The third-order valence-corrected chi connectivity index (χ3v) is 3.03. The molecule has 0 spiro atoms. The predicted octanol–water partition coefficient (Wildman–Crippen LogP) is 3.64. The van der Waals surface area contributed by atoms with Gasteiger partial charge in [0.1, 0.15) is 0 Å². The summed E-state index contributed by atoms with van der Waals surface area (Å²) in [4.78, 5) is 19.1. The van der Waals surface area contributed by atoms with Gasteiger partial charge in [-0.25, -0.2) is 9.86 Å². The molecule has 1 unspecified atom stereocenters. The molecule has 0 fully saturated rings. The maximum absolute atomic E-state index is 12.9. The Kier molecular flexibility index (Phi) is 5.07. The van der Waals surface area contributed by atoms with Gasteiger partial charge >= 0.3 is 18.3 Å². The van der Waals surface area contributed by atoms with Crippen molar-refractivity contribution in [3.05, 3.63) is 47.2 Å². The van der Waals surface area contributed by atoms with Crippen molar-refractivity contribution < 1.29 is 41.1 Å². The summed E-state index contributed by atoms with van der Waals surface area (Å²) < 4.78 is 77.5. The van der Waals surface area contributed by atoms with Gasteiger partial charge in [-0.05, 0) is 29.8 Å². The molecule has 25 heavy (non-hydrogen) atoms. The molecule has 0 amide bonds. The number of carboxylic acid groups (broad SMARTS) is 1. The zero-order valence-corrected chi connectivity index (χ0v) is 12.2. The smallest absolute Gasteiger partial charge is 0.416 e. The number of alkyl halides is 6. The number of rotatable bonds is 4. The van der Waals surface area contributed by atoms with Crippen LogP contribution in [0.5, 0.6) is 0 Å². The number of aliphatic imine (C=N–C) groups is 1. The Morgan fingerprint density at radius 1 is 1.12 bits per heavy atom. The molecule has 0 saturated heterocycles. The van der Waals surface area contributed by atoms with Crippen molar-refractivity contribution in [2.24, 2.45) is 4.99 Å². The van der Waals surface area contributed by atoms with E-state index in [9.17, 15) is 31.1 Å². The Morgan fingerprint density at radius 2 is 1.68 bits per heavy atom. The molecule has 5 nitrogen and oxygen atoms in total. The number of carbonyl (C=O) groups is 1. The minimum Gasteiger partial charge on any atom is -0.479 e. The Hall–Kier alpha value is -2.56. The van der Waals surface area contributed by atoms with Gasteiger partial charge in [-0.1, -0.05) is 0 Å². The van der Waals surface area contributed by atoms with Crippen molar-refractivity contribution in [2.75, 3.05) is 6.61 Å². The first kappa shape index (κ1) is 18.8. The Morgan fingerprint density at radius 3 is 2.16 bits per heavy atom. The van der Waals surface area contributed by atoms with Crippen molar-refractivity contribution in [3.8, 4) is 0 Å². The van der Waals surface area contributed by atoms with Gasteiger partial charge in [-0.3, -0.25) is 9.83 Å². The first-order valence-electron chi connectivity index (χ1n) is 6.61. The Labute approximate surface area is 136 Å². The van der Waals surface area contributed by atoms with Crippen LogP contribution >= 0.6 is 0 Å². The minimum absolute atomic E-state index is 0.00563. The second-order valence-corrected chi connectivity index (χ2v) is 4.88. The highest BCUT2D eigenvalue weighted by molar-refractivity contribution is 5.72. The van der Waals surface area contributed by atoms with Crippen molar-refractivity contribution in [2.45, 2.75) is 18.5 Å². The van der Waals surface area contributed by atoms with Crippen LogP contribution < -0.4 is 0 Å². The number of halogens is 6. The van der Waals surface area contributed by atoms with E-state index in [2.05, 4.69) is 4.99 Å². The molecule has 1 aromatic rings. The van der Waals surface area contributed by atoms with Gasteiger partial charge in [0.05, 0.1) is 11.1 Å². The predicted molar refractivity (Wildman–Crippen MR) is 72.2 cm³/mol. The van der Waals surface area contributed by atoms with Gasteiger partial charge in [0.15, 0.2) is 12.8 Å². The van der Waals surface area contributed by atoms with Crippen LogP contribution in [0.2, 0.25) is 0 Å². The van der Waals surface area contributed by atoms with Gasteiger partial charge < -0.3 is 5.11 Å². The van der Waals surface area contributed by atoms with Crippen LogP contribution in [0.15, 0.2) is 35.5 Å². The number of aliphatic carboxylic acids is 1. The fourth-order valence-electron chi connectivity index (χ4n) is 2.01. The zero-order chi connectivity index (χ0) is 18.8. The average molecular weight is 368 g/mol. The van der Waals surface area contributed by atoms with Crippen LogP contribution in [-0.2, 0) is 22.0 Å². The number of allylic oxidation sites excluding steroid dienone is 1. The van der Waals surface area contributed by atoms with Crippen LogP contribution in [0.4, 0.5) is 26.3 Å². The third-order valence-electron chi connectivity index (χ3n) is 3.03. The number of hydroxylamine groups is 2. The lowest BCUT2D eigenvalue weighted by Crippen LogP contribution is -2.28. The standard InChI is InChI=1S/C14H10F6N2O3/c15-13(16,17)9-4-8(5-10(6-9)14(18,19)20)12-21-2-1-3-22(12)25-7-11(23)24/h1-6,12H,7H2,(H,23,24). The molecule has 1 heterocycles. The number of benzene rings is 1. The van der Waals surface area contributed by atoms with E-state index in [1.807, 2.05) is 0 Å². The lowest BCUT2D eigenvalue weighted by Gasteiger charge is -2.29. The monoisotopic (exact) mass is 368 g/mol. The lowest BCUT2D eigenvalue weighted by atomic mass is 10.0. The van der Waals surface area contributed by atoms with Gasteiger partial charge in [-0.15, -0.1) is 0 Å². The third kappa shape index (κ3) is 4.72. The molecular weight excluding hydrogens is 358 g/mol. The number of carboxylic acids is 1. The molecule has 2 rings (SSSR count). The second-order valence-electron chi connectivity index (χ2n) is 4.88. The van der Waals surface area contributed by atoms with Gasteiger partial charge in [0.25, 0.3) is 0 Å².